The minimum absolute atomic E-state index is 0.0326. The number of aromatic nitrogens is 3. The molecule has 1 aliphatic rings. The summed E-state index contributed by atoms with van der Waals surface area (Å²) in [6.45, 7) is 1.89. The number of hydrogen-bond donors (Lipinski definition) is 0. The average molecular weight is 346 g/mol. The highest BCUT2D eigenvalue weighted by Gasteiger charge is 2.32. The van der Waals surface area contributed by atoms with E-state index < -0.39 is 0 Å². The first kappa shape index (κ1) is 17.5. The smallest absolute Gasteiger partial charge is 0.254 e. The van der Waals surface area contributed by atoms with Gasteiger partial charge in [0.15, 0.2) is 5.82 Å². The summed E-state index contributed by atoms with van der Waals surface area (Å²) < 4.78 is 15.6. The number of carbonyl (C=O) groups is 1. The van der Waals surface area contributed by atoms with Gasteiger partial charge < -0.3 is 18.9 Å². The van der Waals surface area contributed by atoms with Gasteiger partial charge in [0.25, 0.3) is 11.8 Å². The van der Waals surface area contributed by atoms with Crippen molar-refractivity contribution >= 4 is 5.91 Å². The fourth-order valence-corrected chi connectivity index (χ4v) is 2.87. The quantitative estimate of drug-likeness (QED) is 0.708. The number of rotatable bonds is 7. The van der Waals surface area contributed by atoms with Crippen LogP contribution in [0.2, 0.25) is 0 Å². The van der Waals surface area contributed by atoms with Crippen LogP contribution in [0.1, 0.15) is 47.4 Å². The van der Waals surface area contributed by atoms with Gasteiger partial charge in [-0.1, -0.05) is 5.16 Å². The van der Waals surface area contributed by atoms with Crippen LogP contribution in [0.5, 0.6) is 0 Å². The van der Waals surface area contributed by atoms with Gasteiger partial charge in [-0.3, -0.25) is 9.78 Å². The number of piperidine rings is 1. The molecule has 1 aliphatic heterocycles. The van der Waals surface area contributed by atoms with Crippen LogP contribution in [-0.4, -0.2) is 52.8 Å². The Bertz CT molecular complexity index is 676. The molecule has 0 aliphatic carbocycles. The molecule has 0 radical (unpaired) electrons. The topological polar surface area (TPSA) is 90.6 Å². The molecule has 0 bridgehead atoms. The van der Waals surface area contributed by atoms with Crippen molar-refractivity contribution < 1.29 is 18.8 Å². The number of pyridine rings is 1. The largest absolute Gasteiger partial charge is 0.382 e. The second-order valence-corrected chi connectivity index (χ2v) is 5.84. The maximum absolute atomic E-state index is 12.8. The summed E-state index contributed by atoms with van der Waals surface area (Å²) in [7, 11) is 1.62. The average Bonchev–Trinajstić information content (AvgIpc) is 3.14. The van der Waals surface area contributed by atoms with Crippen molar-refractivity contribution in [3.05, 3.63) is 41.8 Å². The lowest BCUT2D eigenvalue weighted by atomic mass is 10.0. The van der Waals surface area contributed by atoms with Crippen molar-refractivity contribution in [2.24, 2.45) is 0 Å². The van der Waals surface area contributed by atoms with E-state index in [9.17, 15) is 4.79 Å². The highest BCUT2D eigenvalue weighted by Crippen LogP contribution is 2.30. The van der Waals surface area contributed by atoms with Gasteiger partial charge in [-0.05, 0) is 31.4 Å². The molecule has 1 fully saturated rings. The minimum Gasteiger partial charge on any atom is -0.382 e. The molecule has 8 nitrogen and oxygen atoms in total. The molecule has 0 spiro atoms. The van der Waals surface area contributed by atoms with Crippen molar-refractivity contribution in [2.75, 3.05) is 26.9 Å². The second-order valence-electron chi connectivity index (χ2n) is 5.84. The molecule has 0 N–H and O–H groups in total. The third-order valence-corrected chi connectivity index (χ3v) is 4.13. The Labute approximate surface area is 146 Å². The van der Waals surface area contributed by atoms with E-state index in [2.05, 4.69) is 15.1 Å². The van der Waals surface area contributed by atoms with Gasteiger partial charge in [-0.2, -0.15) is 4.98 Å². The Balaban J connectivity index is 1.69. The molecule has 1 unspecified atom stereocenters. The number of amides is 1. The highest BCUT2D eigenvalue weighted by atomic mass is 16.5. The third-order valence-electron chi connectivity index (χ3n) is 4.13. The number of likely N-dealkylation sites (tertiary alicyclic amines) is 1. The van der Waals surface area contributed by atoms with Crippen LogP contribution in [0.15, 0.2) is 29.0 Å². The van der Waals surface area contributed by atoms with E-state index in [1.165, 1.54) is 0 Å². The fraction of sp³-hybridized carbons (Fsp3) is 0.529. The number of carbonyl (C=O) groups excluding carboxylic acids is 1. The molecule has 0 saturated carbocycles. The van der Waals surface area contributed by atoms with Gasteiger partial charge in [-0.15, -0.1) is 0 Å². The van der Waals surface area contributed by atoms with E-state index in [1.54, 1.807) is 31.6 Å². The summed E-state index contributed by atoms with van der Waals surface area (Å²) in [5.41, 5.74) is 0.619. The van der Waals surface area contributed by atoms with Crippen LogP contribution >= 0.6 is 0 Å². The van der Waals surface area contributed by atoms with E-state index in [4.69, 9.17) is 14.0 Å². The number of ether oxygens (including phenoxy) is 2. The van der Waals surface area contributed by atoms with Gasteiger partial charge >= 0.3 is 0 Å². The highest BCUT2D eigenvalue weighted by molar-refractivity contribution is 5.94. The third kappa shape index (κ3) is 4.40. The molecule has 0 aromatic carbocycles. The van der Waals surface area contributed by atoms with Gasteiger partial charge in [0.2, 0.25) is 0 Å². The summed E-state index contributed by atoms with van der Waals surface area (Å²) in [4.78, 5) is 23.0. The molecule has 25 heavy (non-hydrogen) atoms. The Morgan fingerprint density at radius 2 is 2.16 bits per heavy atom. The number of methoxy groups -OCH3 is 1. The minimum atomic E-state index is -0.175. The Kier molecular flexibility index (Phi) is 6.08. The van der Waals surface area contributed by atoms with Crippen LogP contribution in [0.4, 0.5) is 0 Å². The van der Waals surface area contributed by atoms with Gasteiger partial charge in [0.05, 0.1) is 19.3 Å². The molecular formula is C17H22N4O4. The Morgan fingerprint density at radius 1 is 1.32 bits per heavy atom. The van der Waals surface area contributed by atoms with E-state index in [0.29, 0.717) is 37.0 Å². The maximum Gasteiger partial charge on any atom is 0.254 e. The molecule has 3 rings (SSSR count). The lowest BCUT2D eigenvalue weighted by Gasteiger charge is -2.33. The maximum atomic E-state index is 12.8. The van der Waals surface area contributed by atoms with Crippen molar-refractivity contribution in [3.8, 4) is 0 Å². The zero-order chi connectivity index (χ0) is 17.5. The van der Waals surface area contributed by atoms with Crippen molar-refractivity contribution in [2.45, 2.75) is 31.9 Å². The summed E-state index contributed by atoms with van der Waals surface area (Å²) in [5, 5.41) is 4.06. The van der Waals surface area contributed by atoms with Crippen LogP contribution in [0, 0.1) is 0 Å². The van der Waals surface area contributed by atoms with E-state index in [1.807, 2.05) is 4.90 Å². The molecule has 2 aromatic heterocycles. The fourth-order valence-electron chi connectivity index (χ4n) is 2.87. The predicted octanol–water partition coefficient (Wildman–Crippen LogP) is 2.00. The monoisotopic (exact) mass is 346 g/mol. The van der Waals surface area contributed by atoms with E-state index in [0.717, 1.165) is 19.3 Å². The molecule has 134 valence electrons. The van der Waals surface area contributed by atoms with Crippen LogP contribution in [-0.2, 0) is 16.1 Å². The molecule has 1 amide bonds. The zero-order valence-electron chi connectivity index (χ0n) is 14.3. The second kappa shape index (κ2) is 8.68. The first-order chi connectivity index (χ1) is 12.3. The van der Waals surface area contributed by atoms with E-state index in [-0.39, 0.29) is 18.6 Å². The Hall–Kier alpha value is -2.32. The molecule has 2 aromatic rings. The standard InChI is InChI=1S/C17H22N4O4/c1-23-10-11-24-12-15-19-16(20-25-15)14-4-2-3-9-21(14)17(22)13-5-7-18-8-6-13/h5-8,14H,2-4,9-12H2,1H3. The first-order valence-electron chi connectivity index (χ1n) is 8.39. The summed E-state index contributed by atoms with van der Waals surface area (Å²) in [6.07, 6.45) is 6.06. The molecule has 8 heteroatoms. The van der Waals surface area contributed by atoms with Gasteiger partial charge in [0.1, 0.15) is 6.61 Å². The number of hydrogen-bond acceptors (Lipinski definition) is 7. The summed E-state index contributed by atoms with van der Waals surface area (Å²) in [6, 6.07) is 3.27. The first-order valence-corrected chi connectivity index (χ1v) is 8.39. The zero-order valence-corrected chi connectivity index (χ0v) is 14.3. The number of nitrogens with zero attached hydrogens (tertiary/aromatic N) is 4. The predicted molar refractivity (Wildman–Crippen MR) is 87.7 cm³/mol. The lowest BCUT2D eigenvalue weighted by Crippen LogP contribution is -2.39. The van der Waals surface area contributed by atoms with Crippen molar-refractivity contribution in [1.29, 1.82) is 0 Å². The normalized spacial score (nSPS) is 17.6. The summed E-state index contributed by atoms with van der Waals surface area (Å²) >= 11 is 0. The van der Waals surface area contributed by atoms with Gasteiger partial charge in [0, 0.05) is 31.6 Å². The molecule has 3 heterocycles. The SMILES string of the molecule is COCCOCc1nc(C2CCCCN2C(=O)c2ccncc2)no1. The van der Waals surface area contributed by atoms with Crippen molar-refractivity contribution in [1.82, 2.24) is 20.0 Å². The molecule has 1 saturated heterocycles. The lowest BCUT2D eigenvalue weighted by molar-refractivity contribution is 0.0494. The van der Waals surface area contributed by atoms with Gasteiger partial charge in [-0.25, -0.2) is 0 Å². The molecule has 1 atom stereocenters. The Morgan fingerprint density at radius 3 is 2.96 bits per heavy atom. The van der Waals surface area contributed by atoms with Crippen LogP contribution in [0.25, 0.3) is 0 Å². The summed E-state index contributed by atoms with van der Waals surface area (Å²) in [5.74, 6) is 0.912. The molecular weight excluding hydrogens is 324 g/mol. The van der Waals surface area contributed by atoms with Crippen LogP contribution in [0.3, 0.4) is 0 Å². The van der Waals surface area contributed by atoms with Crippen LogP contribution < -0.4 is 0 Å². The van der Waals surface area contributed by atoms with E-state index >= 15 is 0 Å². The van der Waals surface area contributed by atoms with Crippen molar-refractivity contribution in [3.63, 3.8) is 0 Å².